The van der Waals surface area contributed by atoms with Crippen molar-refractivity contribution in [3.63, 3.8) is 0 Å². The molecule has 0 heterocycles. The van der Waals surface area contributed by atoms with Gasteiger partial charge in [-0.3, -0.25) is 0 Å². The van der Waals surface area contributed by atoms with Gasteiger partial charge >= 0.3 is 0 Å². The molecule has 0 aliphatic heterocycles. The van der Waals surface area contributed by atoms with Crippen LogP contribution in [0.5, 0.6) is 0 Å². The summed E-state index contributed by atoms with van der Waals surface area (Å²) < 4.78 is 37.8. The predicted molar refractivity (Wildman–Crippen MR) is 78.4 cm³/mol. The van der Waals surface area contributed by atoms with Crippen LogP contribution in [-0.4, -0.2) is 0 Å². The van der Waals surface area contributed by atoms with Gasteiger partial charge in [0.1, 0.15) is 17.5 Å². The maximum Gasteiger partial charge on any atom is 0.129 e. The van der Waals surface area contributed by atoms with E-state index >= 15 is 0 Å². The molecule has 0 amide bonds. The molecule has 2 aromatic rings. The standard InChI is InChI=1S/C8H8F2.C8H9F.CH4/c1-5-3-7(9)6(2)8(10)4-5;1-6-3-4-7(2)8(9)5-6;/h3-4H,1-2H3;3-5H,1-2H3;1H4. The summed E-state index contributed by atoms with van der Waals surface area (Å²) in [5.74, 6) is -1.06. The van der Waals surface area contributed by atoms with Crippen LogP contribution in [0.2, 0.25) is 0 Å². The monoisotopic (exact) mass is 282 g/mol. The highest BCUT2D eigenvalue weighted by molar-refractivity contribution is 5.24. The summed E-state index contributed by atoms with van der Waals surface area (Å²) in [6.45, 7) is 6.72. The van der Waals surface area contributed by atoms with Gasteiger partial charge in [0.15, 0.2) is 0 Å². The molecule has 110 valence electrons. The minimum Gasteiger partial charge on any atom is -0.207 e. The zero-order valence-corrected chi connectivity index (χ0v) is 11.5. The number of halogens is 3. The van der Waals surface area contributed by atoms with E-state index in [1.807, 2.05) is 13.0 Å². The van der Waals surface area contributed by atoms with Crippen molar-refractivity contribution in [2.24, 2.45) is 0 Å². The summed E-state index contributed by atoms with van der Waals surface area (Å²) in [6, 6.07) is 7.86. The Balaban J connectivity index is 0.000000345. The van der Waals surface area contributed by atoms with E-state index in [0.717, 1.165) is 5.56 Å². The average molecular weight is 282 g/mol. The summed E-state index contributed by atoms with van der Waals surface area (Å²) in [5, 5.41) is 0. The average Bonchev–Trinajstić information content (AvgIpc) is 2.32. The topological polar surface area (TPSA) is 0 Å². The van der Waals surface area contributed by atoms with Crippen molar-refractivity contribution in [1.29, 1.82) is 0 Å². The lowest BCUT2D eigenvalue weighted by atomic mass is 10.1. The minimum atomic E-state index is -0.475. The SMILES string of the molecule is C.Cc1cc(F)c(C)c(F)c1.Cc1ccc(C)c(F)c1. The van der Waals surface area contributed by atoms with Gasteiger partial charge in [0.25, 0.3) is 0 Å². The van der Waals surface area contributed by atoms with Crippen LogP contribution in [0.1, 0.15) is 29.7 Å². The Labute approximate surface area is 119 Å². The number of aryl methyl sites for hydroxylation is 3. The van der Waals surface area contributed by atoms with E-state index in [9.17, 15) is 13.2 Å². The Morgan fingerprint density at radius 2 is 1.10 bits per heavy atom. The molecule has 0 fully saturated rings. The fraction of sp³-hybridized carbons (Fsp3) is 0.294. The molecule has 0 spiro atoms. The van der Waals surface area contributed by atoms with Crippen LogP contribution in [0.15, 0.2) is 30.3 Å². The number of hydrogen-bond donors (Lipinski definition) is 0. The third-order valence-corrected chi connectivity index (χ3v) is 2.75. The van der Waals surface area contributed by atoms with Gasteiger partial charge in [-0.25, -0.2) is 13.2 Å². The van der Waals surface area contributed by atoms with Gasteiger partial charge in [-0.15, -0.1) is 0 Å². The van der Waals surface area contributed by atoms with Crippen molar-refractivity contribution < 1.29 is 13.2 Å². The van der Waals surface area contributed by atoms with Crippen LogP contribution in [-0.2, 0) is 0 Å². The van der Waals surface area contributed by atoms with Crippen molar-refractivity contribution in [2.75, 3.05) is 0 Å². The van der Waals surface area contributed by atoms with Crippen LogP contribution in [0, 0.1) is 45.1 Å². The molecule has 2 aromatic carbocycles. The molecular weight excluding hydrogens is 261 g/mol. The summed E-state index contributed by atoms with van der Waals surface area (Å²) in [4.78, 5) is 0. The molecule has 0 bridgehead atoms. The first-order valence-corrected chi connectivity index (χ1v) is 5.96. The fourth-order valence-corrected chi connectivity index (χ4v) is 1.47. The first-order valence-electron chi connectivity index (χ1n) is 5.96. The van der Waals surface area contributed by atoms with Crippen molar-refractivity contribution in [1.82, 2.24) is 0 Å². The van der Waals surface area contributed by atoms with E-state index < -0.39 is 11.6 Å². The van der Waals surface area contributed by atoms with E-state index in [4.69, 9.17) is 0 Å². The third kappa shape index (κ3) is 5.08. The molecule has 0 aliphatic rings. The summed E-state index contributed by atoms with van der Waals surface area (Å²) >= 11 is 0. The first-order chi connectivity index (χ1) is 8.81. The molecular formula is C17H21F3. The quantitative estimate of drug-likeness (QED) is 0.585. The van der Waals surface area contributed by atoms with Gasteiger partial charge in [-0.05, 0) is 62.6 Å². The molecule has 0 N–H and O–H groups in total. The van der Waals surface area contributed by atoms with Crippen LogP contribution in [0.25, 0.3) is 0 Å². The second-order valence-electron chi connectivity index (χ2n) is 4.61. The van der Waals surface area contributed by atoms with Crippen molar-refractivity contribution in [3.05, 3.63) is 70.0 Å². The molecule has 0 aliphatic carbocycles. The van der Waals surface area contributed by atoms with Crippen LogP contribution in [0.3, 0.4) is 0 Å². The number of hydrogen-bond acceptors (Lipinski definition) is 0. The number of rotatable bonds is 0. The van der Waals surface area contributed by atoms with E-state index in [1.165, 1.54) is 25.1 Å². The van der Waals surface area contributed by atoms with E-state index in [0.29, 0.717) is 11.1 Å². The zero-order chi connectivity index (χ0) is 14.6. The lowest BCUT2D eigenvalue weighted by Gasteiger charge is -1.98. The van der Waals surface area contributed by atoms with E-state index in [-0.39, 0.29) is 18.8 Å². The lowest BCUT2D eigenvalue weighted by molar-refractivity contribution is 0.566. The van der Waals surface area contributed by atoms with Gasteiger partial charge in [-0.2, -0.15) is 0 Å². The molecule has 0 saturated heterocycles. The molecule has 2 rings (SSSR count). The number of benzene rings is 2. The first kappa shape index (κ1) is 18.2. The predicted octanol–water partition coefficient (Wildman–Crippen LogP) is 5.66. The molecule has 0 saturated carbocycles. The summed E-state index contributed by atoms with van der Waals surface area (Å²) in [6.07, 6.45) is 0. The second kappa shape index (κ2) is 7.73. The molecule has 3 heteroatoms. The highest BCUT2D eigenvalue weighted by Crippen LogP contribution is 2.12. The lowest BCUT2D eigenvalue weighted by Crippen LogP contribution is -1.88. The fourth-order valence-electron chi connectivity index (χ4n) is 1.47. The maximum absolute atomic E-state index is 12.6. The van der Waals surface area contributed by atoms with Crippen LogP contribution < -0.4 is 0 Å². The Hall–Kier alpha value is -1.77. The van der Waals surface area contributed by atoms with Gasteiger partial charge < -0.3 is 0 Å². The van der Waals surface area contributed by atoms with E-state index in [1.54, 1.807) is 19.9 Å². The van der Waals surface area contributed by atoms with Crippen molar-refractivity contribution >= 4 is 0 Å². The minimum absolute atomic E-state index is 0. The van der Waals surface area contributed by atoms with Gasteiger partial charge in [0.2, 0.25) is 0 Å². The highest BCUT2D eigenvalue weighted by Gasteiger charge is 2.02. The van der Waals surface area contributed by atoms with E-state index in [2.05, 4.69) is 0 Å². The smallest absolute Gasteiger partial charge is 0.129 e. The van der Waals surface area contributed by atoms with Crippen LogP contribution >= 0.6 is 0 Å². The largest absolute Gasteiger partial charge is 0.207 e. The molecule has 0 aromatic heterocycles. The molecule has 20 heavy (non-hydrogen) atoms. The summed E-state index contributed by atoms with van der Waals surface area (Å²) in [7, 11) is 0. The van der Waals surface area contributed by atoms with Gasteiger partial charge in [-0.1, -0.05) is 19.6 Å². The van der Waals surface area contributed by atoms with Gasteiger partial charge in [0, 0.05) is 5.56 Å². The Morgan fingerprint density at radius 1 is 0.650 bits per heavy atom. The maximum atomic E-state index is 12.6. The molecule has 0 atom stereocenters. The summed E-state index contributed by atoms with van der Waals surface area (Å²) in [5.41, 5.74) is 2.38. The zero-order valence-electron chi connectivity index (χ0n) is 11.5. The Kier molecular flexibility index (Phi) is 7.05. The van der Waals surface area contributed by atoms with Crippen LogP contribution in [0.4, 0.5) is 13.2 Å². The highest BCUT2D eigenvalue weighted by atomic mass is 19.1. The Morgan fingerprint density at radius 3 is 1.50 bits per heavy atom. The van der Waals surface area contributed by atoms with Crippen molar-refractivity contribution in [2.45, 2.75) is 35.1 Å². The second-order valence-corrected chi connectivity index (χ2v) is 4.61. The van der Waals surface area contributed by atoms with Crippen molar-refractivity contribution in [3.8, 4) is 0 Å². The Bertz CT molecular complexity index is 551. The third-order valence-electron chi connectivity index (χ3n) is 2.75. The molecule has 0 radical (unpaired) electrons. The molecule has 0 nitrogen and oxygen atoms in total. The molecule has 0 unspecified atom stereocenters. The van der Waals surface area contributed by atoms with Gasteiger partial charge in [0.05, 0.1) is 0 Å². The normalized spacial score (nSPS) is 9.35.